The highest BCUT2D eigenvalue weighted by atomic mass is 19.3. The molecule has 1 aliphatic heterocycles. The molecule has 2 aliphatic rings. The second-order valence-electron chi connectivity index (χ2n) is 5.91. The molecular formula is C12H17F2NO4. The number of nitrogens with zero attached hydrogens (tertiary/aromatic N) is 1. The molecule has 0 radical (unpaired) electrons. The number of fused-ring (bicyclic) bond motifs is 1. The van der Waals surface area contributed by atoms with Crippen LogP contribution < -0.4 is 0 Å². The number of hydrogen-bond acceptors (Lipinski definition) is 4. The van der Waals surface area contributed by atoms with Crippen molar-refractivity contribution < 1.29 is 27.8 Å². The minimum Gasteiger partial charge on any atom is -0.467 e. The zero-order valence-corrected chi connectivity index (χ0v) is 11.3. The van der Waals surface area contributed by atoms with Crippen LogP contribution in [0.25, 0.3) is 0 Å². The van der Waals surface area contributed by atoms with Gasteiger partial charge < -0.3 is 9.47 Å². The molecule has 2 rings (SSSR count). The van der Waals surface area contributed by atoms with Crippen LogP contribution in [-0.2, 0) is 14.3 Å². The normalized spacial score (nSPS) is 31.7. The molecule has 108 valence electrons. The van der Waals surface area contributed by atoms with Gasteiger partial charge in [-0.25, -0.2) is 18.4 Å². The number of rotatable bonds is 1. The van der Waals surface area contributed by atoms with Crippen LogP contribution in [0.5, 0.6) is 0 Å². The van der Waals surface area contributed by atoms with Crippen molar-refractivity contribution in [3.05, 3.63) is 0 Å². The van der Waals surface area contributed by atoms with Gasteiger partial charge in [0, 0.05) is 6.54 Å². The fourth-order valence-electron chi connectivity index (χ4n) is 2.50. The summed E-state index contributed by atoms with van der Waals surface area (Å²) in [6, 6.07) is -1.25. The van der Waals surface area contributed by atoms with Crippen molar-refractivity contribution in [3.8, 4) is 0 Å². The van der Waals surface area contributed by atoms with Crippen LogP contribution in [0.3, 0.4) is 0 Å². The van der Waals surface area contributed by atoms with Crippen LogP contribution in [0.2, 0.25) is 0 Å². The Balaban J connectivity index is 2.14. The predicted octanol–water partition coefficient (Wildman–Crippen LogP) is 1.66. The van der Waals surface area contributed by atoms with Crippen LogP contribution >= 0.6 is 0 Å². The minimum atomic E-state index is -2.89. The lowest BCUT2D eigenvalue weighted by Crippen LogP contribution is -2.48. The Morgan fingerprint density at radius 1 is 1.32 bits per heavy atom. The molecule has 19 heavy (non-hydrogen) atoms. The second-order valence-corrected chi connectivity index (χ2v) is 5.91. The number of likely N-dealkylation sites (tertiary alicyclic amines) is 1. The average Bonchev–Trinajstić information content (AvgIpc) is 2.65. The summed E-state index contributed by atoms with van der Waals surface area (Å²) in [7, 11) is 1.11. The first-order valence-electron chi connectivity index (χ1n) is 6.05. The van der Waals surface area contributed by atoms with Gasteiger partial charge in [-0.15, -0.1) is 0 Å². The molecule has 1 heterocycles. The Kier molecular flexibility index (Phi) is 2.98. The molecule has 0 bridgehead atoms. The Labute approximate surface area is 109 Å². The molecular weight excluding hydrogens is 260 g/mol. The molecule has 7 heteroatoms. The van der Waals surface area contributed by atoms with Crippen LogP contribution in [0.1, 0.15) is 20.8 Å². The number of piperidine rings is 1. The number of esters is 1. The fourth-order valence-corrected chi connectivity index (χ4v) is 2.50. The summed E-state index contributed by atoms with van der Waals surface area (Å²) < 4.78 is 36.4. The van der Waals surface area contributed by atoms with Crippen LogP contribution in [0, 0.1) is 11.8 Å². The fraction of sp³-hybridized carbons (Fsp3) is 0.833. The summed E-state index contributed by atoms with van der Waals surface area (Å²) in [5.74, 6) is -5.83. The molecule has 0 aromatic carbocycles. The zero-order valence-electron chi connectivity index (χ0n) is 11.3. The van der Waals surface area contributed by atoms with Crippen LogP contribution in [-0.4, -0.2) is 48.2 Å². The topological polar surface area (TPSA) is 55.8 Å². The van der Waals surface area contributed by atoms with Gasteiger partial charge in [-0.2, -0.15) is 0 Å². The summed E-state index contributed by atoms with van der Waals surface area (Å²) >= 11 is 0. The van der Waals surface area contributed by atoms with Crippen molar-refractivity contribution in [1.29, 1.82) is 0 Å². The van der Waals surface area contributed by atoms with Gasteiger partial charge in [-0.1, -0.05) is 0 Å². The van der Waals surface area contributed by atoms with Crippen molar-refractivity contribution in [1.82, 2.24) is 4.90 Å². The number of hydrogen-bond donors (Lipinski definition) is 0. The molecule has 5 nitrogen and oxygen atoms in total. The third kappa shape index (κ3) is 2.26. The van der Waals surface area contributed by atoms with Crippen LogP contribution in [0.4, 0.5) is 13.6 Å². The zero-order chi connectivity index (χ0) is 14.6. The summed E-state index contributed by atoms with van der Waals surface area (Å²) in [5.41, 5.74) is -0.743. The lowest BCUT2D eigenvalue weighted by Gasteiger charge is -2.29. The SMILES string of the molecule is COC(=O)[C@@H]1C2[C@H](CN1C(=O)OC(C)(C)C)C2(F)F. The van der Waals surface area contributed by atoms with E-state index in [9.17, 15) is 18.4 Å². The van der Waals surface area contributed by atoms with Gasteiger partial charge in [0.05, 0.1) is 18.9 Å². The average molecular weight is 277 g/mol. The molecule has 1 saturated heterocycles. The number of carbonyl (C=O) groups excluding carboxylic acids is 2. The molecule has 2 fully saturated rings. The van der Waals surface area contributed by atoms with E-state index in [4.69, 9.17) is 4.74 Å². The molecule has 0 N–H and O–H groups in total. The lowest BCUT2D eigenvalue weighted by atomic mass is 10.2. The number of amides is 1. The van der Waals surface area contributed by atoms with E-state index in [-0.39, 0.29) is 6.54 Å². The van der Waals surface area contributed by atoms with Gasteiger partial charge in [0.1, 0.15) is 11.6 Å². The molecule has 1 unspecified atom stereocenters. The van der Waals surface area contributed by atoms with Crippen molar-refractivity contribution in [2.45, 2.75) is 38.3 Å². The first kappa shape index (κ1) is 14.0. The molecule has 1 amide bonds. The third-order valence-electron chi connectivity index (χ3n) is 3.40. The molecule has 1 saturated carbocycles. The van der Waals surface area contributed by atoms with Gasteiger partial charge in [0.25, 0.3) is 5.92 Å². The first-order valence-corrected chi connectivity index (χ1v) is 6.05. The molecule has 0 aromatic heterocycles. The summed E-state index contributed by atoms with van der Waals surface area (Å²) in [6.07, 6.45) is -0.758. The van der Waals surface area contributed by atoms with E-state index in [0.29, 0.717) is 0 Å². The smallest absolute Gasteiger partial charge is 0.411 e. The minimum absolute atomic E-state index is 0.174. The largest absolute Gasteiger partial charge is 0.467 e. The van der Waals surface area contributed by atoms with E-state index in [0.717, 1.165) is 12.0 Å². The molecule has 1 aliphatic carbocycles. The maximum absolute atomic E-state index is 13.4. The monoisotopic (exact) mass is 277 g/mol. The quantitative estimate of drug-likeness (QED) is 0.684. The Morgan fingerprint density at radius 2 is 1.89 bits per heavy atom. The second kappa shape index (κ2) is 4.05. The van der Waals surface area contributed by atoms with Crippen molar-refractivity contribution in [2.75, 3.05) is 13.7 Å². The Morgan fingerprint density at radius 3 is 2.37 bits per heavy atom. The summed E-state index contributed by atoms with van der Waals surface area (Å²) in [4.78, 5) is 24.6. The lowest BCUT2D eigenvalue weighted by molar-refractivity contribution is -0.148. The summed E-state index contributed by atoms with van der Waals surface area (Å²) in [5, 5.41) is 0. The van der Waals surface area contributed by atoms with Gasteiger partial charge in [0.2, 0.25) is 0 Å². The van der Waals surface area contributed by atoms with E-state index in [1.807, 2.05) is 0 Å². The molecule has 0 aromatic rings. The number of ether oxygens (including phenoxy) is 2. The van der Waals surface area contributed by atoms with E-state index in [2.05, 4.69) is 4.74 Å². The number of alkyl halides is 2. The predicted molar refractivity (Wildman–Crippen MR) is 60.7 cm³/mol. The van der Waals surface area contributed by atoms with Gasteiger partial charge >= 0.3 is 12.1 Å². The van der Waals surface area contributed by atoms with Crippen molar-refractivity contribution in [3.63, 3.8) is 0 Å². The number of carbonyl (C=O) groups is 2. The molecule has 0 spiro atoms. The van der Waals surface area contributed by atoms with E-state index in [1.54, 1.807) is 20.8 Å². The summed E-state index contributed by atoms with van der Waals surface area (Å²) in [6.45, 7) is 4.84. The van der Waals surface area contributed by atoms with E-state index < -0.39 is 41.5 Å². The highest BCUT2D eigenvalue weighted by molar-refractivity contribution is 5.84. The van der Waals surface area contributed by atoms with E-state index >= 15 is 0 Å². The number of methoxy groups -OCH3 is 1. The number of halogens is 2. The maximum atomic E-state index is 13.4. The first-order chi connectivity index (χ1) is 8.59. The third-order valence-corrected chi connectivity index (χ3v) is 3.40. The Hall–Kier alpha value is -1.40. The molecule has 3 atom stereocenters. The standard InChI is InChI=1S/C12H17F2NO4/c1-11(2,3)19-10(17)15-5-6-7(12(6,13)14)8(15)9(16)18-4/h6-8H,5H2,1-4H3/t6-,7?,8-/m0/s1. The highest BCUT2D eigenvalue weighted by Gasteiger charge is 2.78. The van der Waals surface area contributed by atoms with E-state index in [1.165, 1.54) is 0 Å². The van der Waals surface area contributed by atoms with Gasteiger partial charge in [-0.05, 0) is 20.8 Å². The highest BCUT2D eigenvalue weighted by Crippen LogP contribution is 2.62. The van der Waals surface area contributed by atoms with Crippen molar-refractivity contribution in [2.24, 2.45) is 11.8 Å². The van der Waals surface area contributed by atoms with Gasteiger partial charge in [0.15, 0.2) is 0 Å². The van der Waals surface area contributed by atoms with Crippen molar-refractivity contribution >= 4 is 12.1 Å². The Bertz CT molecular complexity index is 418. The van der Waals surface area contributed by atoms with Gasteiger partial charge in [-0.3, -0.25) is 4.90 Å². The van der Waals surface area contributed by atoms with Crippen LogP contribution in [0.15, 0.2) is 0 Å². The maximum Gasteiger partial charge on any atom is 0.411 e.